The molecule has 0 saturated carbocycles. The summed E-state index contributed by atoms with van der Waals surface area (Å²) < 4.78 is 17.0. The van der Waals surface area contributed by atoms with Gasteiger partial charge >= 0.3 is 17.9 Å². The van der Waals surface area contributed by atoms with E-state index in [1.165, 1.54) is 270 Å². The van der Waals surface area contributed by atoms with Gasteiger partial charge < -0.3 is 14.2 Å². The molecule has 0 bridgehead atoms. The maximum atomic E-state index is 12.9. The molecule has 0 aromatic carbocycles. The summed E-state index contributed by atoms with van der Waals surface area (Å²) >= 11 is 0. The van der Waals surface area contributed by atoms with Gasteiger partial charge in [0.1, 0.15) is 13.2 Å². The number of hydrogen-bond acceptors (Lipinski definition) is 6. The zero-order valence-electron chi connectivity index (χ0n) is 49.4. The van der Waals surface area contributed by atoms with Gasteiger partial charge in [-0.2, -0.15) is 0 Å². The summed E-state index contributed by atoms with van der Waals surface area (Å²) in [5.41, 5.74) is 0. The highest BCUT2D eigenvalue weighted by Crippen LogP contribution is 2.18. The molecule has 0 spiro atoms. The Hall–Kier alpha value is -2.11. The van der Waals surface area contributed by atoms with Gasteiger partial charge in [-0.1, -0.05) is 302 Å². The van der Waals surface area contributed by atoms with Crippen molar-refractivity contribution >= 4 is 17.9 Å². The van der Waals surface area contributed by atoms with Crippen molar-refractivity contribution in [2.45, 2.75) is 374 Å². The average Bonchev–Trinajstić information content (AvgIpc) is 3.39. The van der Waals surface area contributed by atoms with Gasteiger partial charge in [-0.05, 0) is 70.6 Å². The van der Waals surface area contributed by atoms with Crippen LogP contribution in [0.2, 0.25) is 0 Å². The van der Waals surface area contributed by atoms with Crippen molar-refractivity contribution in [2.24, 2.45) is 0 Å². The van der Waals surface area contributed by atoms with Gasteiger partial charge in [0.15, 0.2) is 6.10 Å². The minimum atomic E-state index is -0.769. The first-order valence-corrected chi connectivity index (χ1v) is 32.8. The number of ether oxygens (including phenoxy) is 3. The number of unbranched alkanes of at least 4 members (excludes halogenated alkanes) is 46. The molecule has 0 unspecified atom stereocenters. The molecule has 430 valence electrons. The predicted molar refractivity (Wildman–Crippen MR) is 316 cm³/mol. The van der Waals surface area contributed by atoms with E-state index in [0.717, 1.165) is 57.8 Å². The SMILES string of the molecule is CCCCCCCC/C=C\CCCCCCCCCCCCCC(=O)OC[C@H](COC(=O)CCCCCCCCCCC/C=C\CCCCCCCC)OC(=O)CCCCCCCCCCCCCCCCC. The number of esters is 3. The first-order chi connectivity index (χ1) is 36.0. The summed E-state index contributed by atoms with van der Waals surface area (Å²) in [6, 6.07) is 0. The van der Waals surface area contributed by atoms with Crippen LogP contribution in [0.3, 0.4) is 0 Å². The molecule has 0 aliphatic heterocycles. The van der Waals surface area contributed by atoms with E-state index >= 15 is 0 Å². The van der Waals surface area contributed by atoms with Gasteiger partial charge in [-0.15, -0.1) is 0 Å². The molecule has 0 aromatic rings. The van der Waals surface area contributed by atoms with Crippen molar-refractivity contribution in [3.63, 3.8) is 0 Å². The second-order valence-corrected chi connectivity index (χ2v) is 22.4. The molecule has 0 aliphatic rings. The van der Waals surface area contributed by atoms with Crippen LogP contribution in [0.5, 0.6) is 0 Å². The molecule has 1 atom stereocenters. The lowest BCUT2D eigenvalue weighted by atomic mass is 10.0. The largest absolute Gasteiger partial charge is 0.462 e. The lowest BCUT2D eigenvalue weighted by Gasteiger charge is -2.18. The fraction of sp³-hybridized carbons (Fsp3) is 0.896. The Morgan fingerprint density at radius 1 is 0.260 bits per heavy atom. The number of carbonyl (C=O) groups is 3. The van der Waals surface area contributed by atoms with Crippen LogP contribution in [0.15, 0.2) is 24.3 Å². The summed E-state index contributed by atoms with van der Waals surface area (Å²) in [4.78, 5) is 38.3. The van der Waals surface area contributed by atoms with Crippen molar-refractivity contribution in [1.82, 2.24) is 0 Å². The molecule has 6 nitrogen and oxygen atoms in total. The molecule has 73 heavy (non-hydrogen) atoms. The summed E-state index contributed by atoms with van der Waals surface area (Å²) in [5.74, 6) is -0.841. The molecule has 0 amide bonds. The molecule has 0 aromatic heterocycles. The van der Waals surface area contributed by atoms with Gasteiger partial charge in [0.05, 0.1) is 0 Å². The highest BCUT2D eigenvalue weighted by Gasteiger charge is 2.19. The Morgan fingerprint density at radius 3 is 0.685 bits per heavy atom. The highest BCUT2D eigenvalue weighted by atomic mass is 16.6. The van der Waals surface area contributed by atoms with Crippen LogP contribution < -0.4 is 0 Å². The zero-order valence-corrected chi connectivity index (χ0v) is 49.4. The molecule has 6 heteroatoms. The molecule has 0 fully saturated rings. The Kier molecular flexibility index (Phi) is 60.6. The quantitative estimate of drug-likeness (QED) is 0.0261. The van der Waals surface area contributed by atoms with Crippen LogP contribution in [-0.2, 0) is 28.6 Å². The second-order valence-electron chi connectivity index (χ2n) is 22.4. The van der Waals surface area contributed by atoms with Crippen LogP contribution in [0, 0.1) is 0 Å². The van der Waals surface area contributed by atoms with E-state index in [2.05, 4.69) is 45.1 Å². The standard InChI is InChI=1S/C67H126O6/c1-4-7-10-13-16-19-22-25-28-30-32-33-35-37-40-42-45-48-51-54-57-60-66(69)72-63-64(73-67(70)61-58-55-52-49-46-43-38-27-24-21-18-15-12-9-6-3)62-71-65(68)59-56-53-50-47-44-41-39-36-34-31-29-26-23-20-17-14-11-8-5-2/h25-26,28-29,64H,4-24,27,30-63H2,1-3H3/b28-25-,29-26-/t64-/m0/s1. The first kappa shape index (κ1) is 70.9. The van der Waals surface area contributed by atoms with E-state index < -0.39 is 6.10 Å². The second kappa shape index (κ2) is 62.4. The van der Waals surface area contributed by atoms with Crippen molar-refractivity contribution in [3.05, 3.63) is 24.3 Å². The van der Waals surface area contributed by atoms with Crippen LogP contribution >= 0.6 is 0 Å². The van der Waals surface area contributed by atoms with E-state index in [1.54, 1.807) is 0 Å². The van der Waals surface area contributed by atoms with Crippen LogP contribution in [0.25, 0.3) is 0 Å². The van der Waals surface area contributed by atoms with Crippen LogP contribution in [0.4, 0.5) is 0 Å². The first-order valence-electron chi connectivity index (χ1n) is 32.8. The predicted octanol–water partition coefficient (Wildman–Crippen LogP) is 22.2. The Bertz CT molecular complexity index is 1180. The van der Waals surface area contributed by atoms with E-state index in [-0.39, 0.29) is 31.1 Å². The summed E-state index contributed by atoms with van der Waals surface area (Å²) in [6.45, 7) is 6.70. The van der Waals surface area contributed by atoms with Crippen molar-refractivity contribution < 1.29 is 28.6 Å². The number of allylic oxidation sites excluding steroid dienone is 4. The minimum Gasteiger partial charge on any atom is -0.462 e. The van der Waals surface area contributed by atoms with Gasteiger partial charge in [-0.25, -0.2) is 0 Å². The Morgan fingerprint density at radius 2 is 0.452 bits per heavy atom. The van der Waals surface area contributed by atoms with Crippen LogP contribution in [0.1, 0.15) is 367 Å². The van der Waals surface area contributed by atoms with Crippen molar-refractivity contribution in [3.8, 4) is 0 Å². The number of carbonyl (C=O) groups excluding carboxylic acids is 3. The Balaban J connectivity index is 4.29. The fourth-order valence-corrected chi connectivity index (χ4v) is 9.97. The molecule has 0 rings (SSSR count). The molecular weight excluding hydrogens is 901 g/mol. The molecule has 0 aliphatic carbocycles. The Labute approximate surface area is 455 Å². The van der Waals surface area contributed by atoms with Crippen molar-refractivity contribution in [2.75, 3.05) is 13.2 Å². The monoisotopic (exact) mass is 1030 g/mol. The lowest BCUT2D eigenvalue weighted by Crippen LogP contribution is -2.30. The molecule has 0 N–H and O–H groups in total. The van der Waals surface area contributed by atoms with Gasteiger partial charge in [-0.3, -0.25) is 14.4 Å². The fourth-order valence-electron chi connectivity index (χ4n) is 9.97. The normalized spacial score (nSPS) is 12.1. The number of hydrogen-bond donors (Lipinski definition) is 0. The van der Waals surface area contributed by atoms with E-state index in [0.29, 0.717) is 19.3 Å². The number of rotatable bonds is 61. The van der Waals surface area contributed by atoms with Gasteiger partial charge in [0.25, 0.3) is 0 Å². The minimum absolute atomic E-state index is 0.0668. The highest BCUT2D eigenvalue weighted by molar-refractivity contribution is 5.71. The smallest absolute Gasteiger partial charge is 0.306 e. The third-order valence-electron chi connectivity index (χ3n) is 14.9. The van der Waals surface area contributed by atoms with Crippen molar-refractivity contribution in [1.29, 1.82) is 0 Å². The van der Waals surface area contributed by atoms with Crippen LogP contribution in [-0.4, -0.2) is 37.2 Å². The molecule has 0 heterocycles. The van der Waals surface area contributed by atoms with E-state index in [1.807, 2.05) is 0 Å². The molecule has 0 saturated heterocycles. The lowest BCUT2D eigenvalue weighted by molar-refractivity contribution is -0.167. The third kappa shape index (κ3) is 60.6. The van der Waals surface area contributed by atoms with E-state index in [4.69, 9.17) is 14.2 Å². The topological polar surface area (TPSA) is 78.9 Å². The van der Waals surface area contributed by atoms with Gasteiger partial charge in [0.2, 0.25) is 0 Å². The maximum absolute atomic E-state index is 12.9. The molecule has 0 radical (unpaired) electrons. The van der Waals surface area contributed by atoms with Gasteiger partial charge in [0, 0.05) is 19.3 Å². The summed E-state index contributed by atoms with van der Waals surface area (Å²) in [6.07, 6.45) is 74.7. The zero-order chi connectivity index (χ0) is 52.9. The summed E-state index contributed by atoms with van der Waals surface area (Å²) in [5, 5.41) is 0. The summed E-state index contributed by atoms with van der Waals surface area (Å²) in [7, 11) is 0. The third-order valence-corrected chi connectivity index (χ3v) is 14.9. The maximum Gasteiger partial charge on any atom is 0.306 e. The van der Waals surface area contributed by atoms with E-state index in [9.17, 15) is 14.4 Å². The molecular formula is C67H126O6. The average molecular weight is 1030 g/mol.